The van der Waals surface area contributed by atoms with Gasteiger partial charge in [0, 0.05) is 44.3 Å². The van der Waals surface area contributed by atoms with Crippen LogP contribution in [0.4, 0.5) is 0 Å². The number of carbonyl (C=O) groups excluding carboxylic acids is 3. The quantitative estimate of drug-likeness (QED) is 0.660. The van der Waals surface area contributed by atoms with Gasteiger partial charge in [0.05, 0.1) is 12.0 Å². The zero-order chi connectivity index (χ0) is 22.0. The van der Waals surface area contributed by atoms with Crippen LogP contribution in [0.5, 0.6) is 5.75 Å². The van der Waals surface area contributed by atoms with E-state index in [1.165, 1.54) is 0 Å². The van der Waals surface area contributed by atoms with Crippen molar-refractivity contribution in [2.75, 3.05) is 13.1 Å². The summed E-state index contributed by atoms with van der Waals surface area (Å²) in [6.45, 7) is 5.12. The van der Waals surface area contributed by atoms with Crippen LogP contribution in [0.15, 0.2) is 42.5 Å². The van der Waals surface area contributed by atoms with Gasteiger partial charge in [-0.2, -0.15) is 0 Å². The fourth-order valence-electron chi connectivity index (χ4n) is 4.79. The second kappa shape index (κ2) is 8.66. The van der Waals surface area contributed by atoms with Crippen LogP contribution >= 0.6 is 0 Å². The minimum absolute atomic E-state index is 0.0735. The van der Waals surface area contributed by atoms with Gasteiger partial charge in [0.2, 0.25) is 5.91 Å². The molecule has 1 saturated heterocycles. The van der Waals surface area contributed by atoms with E-state index < -0.39 is 5.60 Å². The number of benzene rings is 2. The summed E-state index contributed by atoms with van der Waals surface area (Å²) in [5.74, 6) is 0.972. The lowest BCUT2D eigenvalue weighted by atomic mass is 9.81. The molecule has 0 N–H and O–H groups in total. The molecule has 0 radical (unpaired) electrons. The van der Waals surface area contributed by atoms with Gasteiger partial charge in [-0.1, -0.05) is 36.4 Å². The van der Waals surface area contributed by atoms with Crippen LogP contribution in [0.2, 0.25) is 0 Å². The maximum Gasteiger partial charge on any atom is 0.222 e. The molecule has 2 aromatic rings. The van der Waals surface area contributed by atoms with Crippen molar-refractivity contribution in [2.24, 2.45) is 0 Å². The molecule has 2 aliphatic heterocycles. The molecular formula is C26H29NO4. The van der Waals surface area contributed by atoms with E-state index in [0.29, 0.717) is 68.5 Å². The van der Waals surface area contributed by atoms with Crippen LogP contribution < -0.4 is 4.74 Å². The number of rotatable bonds is 5. The van der Waals surface area contributed by atoms with E-state index in [1.54, 1.807) is 12.1 Å². The van der Waals surface area contributed by atoms with Gasteiger partial charge in [0.25, 0.3) is 0 Å². The second-order valence-corrected chi connectivity index (χ2v) is 8.86. The van der Waals surface area contributed by atoms with Gasteiger partial charge in [0.1, 0.15) is 11.4 Å². The number of ketones is 2. The average molecular weight is 420 g/mol. The van der Waals surface area contributed by atoms with E-state index in [9.17, 15) is 14.4 Å². The number of carbonyl (C=O) groups is 3. The van der Waals surface area contributed by atoms with Gasteiger partial charge >= 0.3 is 0 Å². The van der Waals surface area contributed by atoms with E-state index in [-0.39, 0.29) is 17.5 Å². The molecule has 5 nitrogen and oxygen atoms in total. The Balaban J connectivity index is 1.31. The van der Waals surface area contributed by atoms with E-state index in [1.807, 2.05) is 49.1 Å². The number of hydrogen-bond donors (Lipinski definition) is 0. The molecule has 0 bridgehead atoms. The number of ether oxygens (including phenoxy) is 1. The predicted octanol–water partition coefficient (Wildman–Crippen LogP) is 4.68. The fraction of sp³-hybridized carbons (Fsp3) is 0.423. The van der Waals surface area contributed by atoms with E-state index in [2.05, 4.69) is 0 Å². The third-order valence-corrected chi connectivity index (χ3v) is 6.45. The first-order valence-electron chi connectivity index (χ1n) is 11.1. The molecule has 2 aliphatic rings. The first-order chi connectivity index (χ1) is 14.9. The van der Waals surface area contributed by atoms with E-state index in [0.717, 1.165) is 11.1 Å². The molecule has 5 heteroatoms. The maximum atomic E-state index is 12.8. The normalized spacial score (nSPS) is 17.2. The Kier molecular flexibility index (Phi) is 5.94. The molecular weight excluding hydrogens is 390 g/mol. The number of amides is 1. The number of Topliss-reactive ketones (excluding diaryl/α,β-unsaturated/α-hetero) is 2. The minimum Gasteiger partial charge on any atom is -0.486 e. The third kappa shape index (κ3) is 4.55. The summed E-state index contributed by atoms with van der Waals surface area (Å²) >= 11 is 0. The molecule has 2 aromatic carbocycles. The largest absolute Gasteiger partial charge is 0.486 e. The van der Waals surface area contributed by atoms with Crippen LogP contribution in [-0.4, -0.2) is 41.1 Å². The highest BCUT2D eigenvalue weighted by Crippen LogP contribution is 2.41. The smallest absolute Gasteiger partial charge is 0.222 e. The highest BCUT2D eigenvalue weighted by atomic mass is 16.5. The van der Waals surface area contributed by atoms with Crippen molar-refractivity contribution in [3.05, 3.63) is 64.7 Å². The second-order valence-electron chi connectivity index (χ2n) is 8.86. The number of aryl methyl sites for hydroxylation is 2. The molecule has 0 atom stereocenters. The Morgan fingerprint density at radius 1 is 1.03 bits per heavy atom. The van der Waals surface area contributed by atoms with Crippen molar-refractivity contribution >= 4 is 17.5 Å². The summed E-state index contributed by atoms with van der Waals surface area (Å²) in [6, 6.07) is 13.2. The fourth-order valence-corrected chi connectivity index (χ4v) is 4.79. The van der Waals surface area contributed by atoms with Crippen LogP contribution in [0, 0.1) is 13.8 Å². The standard InChI is InChI=1S/C26H29NO4/c1-18-15-19(2)25-22(29)17-26(31-23(25)16-18)11-13-27(14-12-26)24(30)10-6-9-21(28)20-7-4-3-5-8-20/h3-5,7-8,15-16H,6,9-14,17H2,1-2H3. The Bertz CT molecular complexity index is 1000. The SMILES string of the molecule is Cc1cc(C)c2c(c1)OC1(CCN(C(=O)CCCC(=O)c3ccccc3)CC1)CC2=O. The average Bonchev–Trinajstić information content (AvgIpc) is 2.73. The topological polar surface area (TPSA) is 63.7 Å². The van der Waals surface area contributed by atoms with Crippen LogP contribution in [-0.2, 0) is 4.79 Å². The van der Waals surface area contributed by atoms with Crippen molar-refractivity contribution in [3.8, 4) is 5.75 Å². The molecule has 0 aliphatic carbocycles. The van der Waals surface area contributed by atoms with Gasteiger partial charge in [-0.05, 0) is 37.5 Å². The van der Waals surface area contributed by atoms with Crippen molar-refractivity contribution in [2.45, 2.75) is 58.0 Å². The highest BCUT2D eigenvalue weighted by Gasteiger charge is 2.44. The van der Waals surface area contributed by atoms with Crippen LogP contribution in [0.1, 0.15) is 70.4 Å². The Morgan fingerprint density at radius 2 is 1.74 bits per heavy atom. The summed E-state index contributed by atoms with van der Waals surface area (Å²) in [4.78, 5) is 39.5. The molecule has 31 heavy (non-hydrogen) atoms. The number of hydrogen-bond acceptors (Lipinski definition) is 4. The molecule has 1 spiro atoms. The van der Waals surface area contributed by atoms with Gasteiger partial charge in [-0.25, -0.2) is 0 Å². The zero-order valence-corrected chi connectivity index (χ0v) is 18.3. The lowest BCUT2D eigenvalue weighted by Crippen LogP contribution is -2.52. The summed E-state index contributed by atoms with van der Waals surface area (Å²) in [5.41, 5.74) is 2.94. The molecule has 0 aromatic heterocycles. The first-order valence-corrected chi connectivity index (χ1v) is 11.1. The summed E-state index contributed by atoms with van der Waals surface area (Å²) < 4.78 is 6.38. The molecule has 162 valence electrons. The molecule has 4 rings (SSSR count). The monoisotopic (exact) mass is 419 g/mol. The maximum absolute atomic E-state index is 12.8. The molecule has 1 fully saturated rings. The van der Waals surface area contributed by atoms with Crippen molar-refractivity contribution in [3.63, 3.8) is 0 Å². The van der Waals surface area contributed by atoms with Crippen LogP contribution in [0.3, 0.4) is 0 Å². The summed E-state index contributed by atoms with van der Waals surface area (Å²) in [6.07, 6.45) is 2.97. The first kappa shape index (κ1) is 21.3. The number of piperidine rings is 1. The number of fused-ring (bicyclic) bond motifs is 1. The third-order valence-electron chi connectivity index (χ3n) is 6.45. The van der Waals surface area contributed by atoms with Gasteiger partial charge in [-0.3, -0.25) is 14.4 Å². The van der Waals surface area contributed by atoms with Crippen molar-refractivity contribution < 1.29 is 19.1 Å². The number of nitrogens with zero attached hydrogens (tertiary/aromatic N) is 1. The van der Waals surface area contributed by atoms with Crippen LogP contribution in [0.25, 0.3) is 0 Å². The lowest BCUT2D eigenvalue weighted by molar-refractivity contribution is -0.134. The van der Waals surface area contributed by atoms with Gasteiger partial charge in [-0.15, -0.1) is 0 Å². The Labute approximate surface area is 183 Å². The minimum atomic E-state index is -0.510. The van der Waals surface area contributed by atoms with E-state index in [4.69, 9.17) is 4.74 Å². The molecule has 0 saturated carbocycles. The zero-order valence-electron chi connectivity index (χ0n) is 18.3. The predicted molar refractivity (Wildman–Crippen MR) is 119 cm³/mol. The lowest BCUT2D eigenvalue weighted by Gasteiger charge is -2.44. The molecule has 0 unspecified atom stereocenters. The number of likely N-dealkylation sites (tertiary alicyclic amines) is 1. The van der Waals surface area contributed by atoms with E-state index >= 15 is 0 Å². The Morgan fingerprint density at radius 3 is 2.45 bits per heavy atom. The summed E-state index contributed by atoms with van der Waals surface area (Å²) in [5, 5.41) is 0. The van der Waals surface area contributed by atoms with Gasteiger partial charge in [0.15, 0.2) is 11.6 Å². The summed E-state index contributed by atoms with van der Waals surface area (Å²) in [7, 11) is 0. The Hall–Kier alpha value is -2.95. The molecule has 2 heterocycles. The molecule has 1 amide bonds. The van der Waals surface area contributed by atoms with Crippen molar-refractivity contribution in [1.29, 1.82) is 0 Å². The van der Waals surface area contributed by atoms with Crippen molar-refractivity contribution in [1.82, 2.24) is 4.90 Å². The highest BCUT2D eigenvalue weighted by molar-refractivity contribution is 6.02. The van der Waals surface area contributed by atoms with Gasteiger partial charge < -0.3 is 9.64 Å².